The highest BCUT2D eigenvalue weighted by Gasteiger charge is 2.33. The molecule has 1 aliphatic carbocycles. The van der Waals surface area contributed by atoms with Crippen molar-refractivity contribution in [3.8, 4) is 5.88 Å². The van der Waals surface area contributed by atoms with E-state index in [0.29, 0.717) is 23.7 Å². The molecule has 0 unspecified atom stereocenters. The fourth-order valence-corrected chi connectivity index (χ4v) is 5.31. The molecular weight excluding hydrogens is 396 g/mol. The van der Waals surface area contributed by atoms with Crippen LogP contribution in [0.4, 0.5) is 0 Å². The van der Waals surface area contributed by atoms with E-state index in [1.807, 2.05) is 14.0 Å². The predicted octanol–water partition coefficient (Wildman–Crippen LogP) is 6.08. The Morgan fingerprint density at radius 2 is 1.81 bits per heavy atom. The van der Waals surface area contributed by atoms with Gasteiger partial charge in [0.2, 0.25) is 11.7 Å². The van der Waals surface area contributed by atoms with Gasteiger partial charge in [0.25, 0.3) is 0 Å². The molecular formula is C28H34N2O2. The Hall–Kier alpha value is -2.88. The standard InChI is InChI=1S/C28H34N2O2/c1-17-10-12-21(13-11-17)16-32-27-24(20(4)29-30(27)7)26(31)23-15-18(2)22-9-8-14-28(5,6)25(22)19(23)3/h10-13,15H,8-9,14,16H2,1-7H3. The summed E-state index contributed by atoms with van der Waals surface area (Å²) in [4.78, 5) is 13.9. The van der Waals surface area contributed by atoms with Crippen LogP contribution in [-0.2, 0) is 25.5 Å². The first-order valence-electron chi connectivity index (χ1n) is 11.5. The number of carbonyl (C=O) groups excluding carboxylic acids is 1. The number of nitrogens with zero attached hydrogens (tertiary/aromatic N) is 2. The van der Waals surface area contributed by atoms with Gasteiger partial charge in [-0.3, -0.25) is 4.79 Å². The van der Waals surface area contributed by atoms with Gasteiger partial charge in [-0.05, 0) is 86.3 Å². The van der Waals surface area contributed by atoms with Crippen molar-refractivity contribution in [2.75, 3.05) is 0 Å². The molecule has 0 saturated heterocycles. The summed E-state index contributed by atoms with van der Waals surface area (Å²) in [5.74, 6) is 0.529. The molecule has 0 amide bonds. The Balaban J connectivity index is 1.74. The van der Waals surface area contributed by atoms with Gasteiger partial charge in [0.05, 0.1) is 5.69 Å². The molecule has 168 valence electrons. The zero-order valence-corrected chi connectivity index (χ0v) is 20.4. The molecule has 4 heteroatoms. The fraction of sp³-hybridized carbons (Fsp3) is 0.429. The lowest BCUT2D eigenvalue weighted by Crippen LogP contribution is -2.27. The predicted molar refractivity (Wildman–Crippen MR) is 129 cm³/mol. The van der Waals surface area contributed by atoms with Gasteiger partial charge < -0.3 is 4.74 Å². The lowest BCUT2D eigenvalue weighted by Gasteiger charge is -2.36. The number of ketones is 1. The molecule has 0 N–H and O–H groups in total. The largest absolute Gasteiger partial charge is 0.472 e. The van der Waals surface area contributed by atoms with Crippen molar-refractivity contribution in [3.05, 3.63) is 80.5 Å². The molecule has 0 radical (unpaired) electrons. The number of hydrogen-bond donors (Lipinski definition) is 0. The van der Waals surface area contributed by atoms with Crippen molar-refractivity contribution in [2.45, 2.75) is 72.8 Å². The van der Waals surface area contributed by atoms with E-state index < -0.39 is 0 Å². The average Bonchev–Trinajstić information content (AvgIpc) is 3.01. The molecule has 3 aromatic rings. The van der Waals surface area contributed by atoms with Gasteiger partial charge in [-0.2, -0.15) is 5.10 Å². The summed E-state index contributed by atoms with van der Waals surface area (Å²) in [5, 5.41) is 4.52. The summed E-state index contributed by atoms with van der Waals surface area (Å²) in [6.07, 6.45) is 3.44. The van der Waals surface area contributed by atoms with Crippen LogP contribution in [0.2, 0.25) is 0 Å². The van der Waals surface area contributed by atoms with Crippen molar-refractivity contribution in [3.63, 3.8) is 0 Å². The Morgan fingerprint density at radius 3 is 2.50 bits per heavy atom. The van der Waals surface area contributed by atoms with Crippen LogP contribution in [0.15, 0.2) is 30.3 Å². The van der Waals surface area contributed by atoms with Crippen LogP contribution in [0.1, 0.15) is 81.7 Å². The Kier molecular flexibility index (Phi) is 5.74. The van der Waals surface area contributed by atoms with Crippen LogP contribution in [0.25, 0.3) is 0 Å². The summed E-state index contributed by atoms with van der Waals surface area (Å²) in [5.41, 5.74) is 9.49. The van der Waals surface area contributed by atoms with Gasteiger partial charge in [0.1, 0.15) is 12.2 Å². The summed E-state index contributed by atoms with van der Waals surface area (Å²) < 4.78 is 7.84. The highest BCUT2D eigenvalue weighted by molar-refractivity contribution is 6.12. The number of benzene rings is 2. The zero-order valence-electron chi connectivity index (χ0n) is 20.4. The third-order valence-corrected chi connectivity index (χ3v) is 6.96. The first-order chi connectivity index (χ1) is 15.1. The van der Waals surface area contributed by atoms with E-state index in [-0.39, 0.29) is 11.2 Å². The Morgan fingerprint density at radius 1 is 1.12 bits per heavy atom. The molecule has 0 atom stereocenters. The summed E-state index contributed by atoms with van der Waals surface area (Å²) in [7, 11) is 1.84. The van der Waals surface area contributed by atoms with Gasteiger partial charge in [-0.25, -0.2) is 4.68 Å². The molecule has 0 spiro atoms. The maximum atomic E-state index is 13.9. The van der Waals surface area contributed by atoms with Crippen molar-refractivity contribution in [1.29, 1.82) is 0 Å². The molecule has 4 nitrogen and oxygen atoms in total. The minimum atomic E-state index is -0.000667. The number of hydrogen-bond acceptors (Lipinski definition) is 3. The lowest BCUT2D eigenvalue weighted by atomic mass is 9.68. The second-order valence-electron chi connectivity index (χ2n) is 9.95. The number of rotatable bonds is 5. The number of aryl methyl sites for hydroxylation is 4. The highest BCUT2D eigenvalue weighted by atomic mass is 16.5. The number of carbonyl (C=O) groups is 1. The summed E-state index contributed by atoms with van der Waals surface area (Å²) >= 11 is 0. The topological polar surface area (TPSA) is 44.1 Å². The SMILES string of the molecule is Cc1ccc(COc2c(C(=O)c3cc(C)c4c(c3C)C(C)(C)CCC4)c(C)nn2C)cc1. The van der Waals surface area contributed by atoms with E-state index in [4.69, 9.17) is 4.74 Å². The van der Waals surface area contributed by atoms with Gasteiger partial charge in [-0.1, -0.05) is 43.7 Å². The fourth-order valence-electron chi connectivity index (χ4n) is 5.31. The molecule has 2 aromatic carbocycles. The number of aromatic nitrogens is 2. The molecule has 1 aromatic heterocycles. The maximum Gasteiger partial charge on any atom is 0.223 e. The minimum Gasteiger partial charge on any atom is -0.472 e. The molecule has 0 bridgehead atoms. The smallest absolute Gasteiger partial charge is 0.223 e. The second-order valence-corrected chi connectivity index (χ2v) is 9.95. The summed E-state index contributed by atoms with van der Waals surface area (Å²) in [6.45, 7) is 13.2. The first kappa shape index (κ1) is 22.3. The van der Waals surface area contributed by atoms with Crippen molar-refractivity contribution < 1.29 is 9.53 Å². The van der Waals surface area contributed by atoms with Gasteiger partial charge in [-0.15, -0.1) is 0 Å². The van der Waals surface area contributed by atoms with Crippen LogP contribution in [0.3, 0.4) is 0 Å². The van der Waals surface area contributed by atoms with Crippen molar-refractivity contribution in [1.82, 2.24) is 9.78 Å². The van der Waals surface area contributed by atoms with E-state index in [2.05, 4.69) is 70.0 Å². The van der Waals surface area contributed by atoms with Crippen LogP contribution in [-0.4, -0.2) is 15.6 Å². The third-order valence-electron chi connectivity index (χ3n) is 6.96. The summed E-state index contributed by atoms with van der Waals surface area (Å²) in [6, 6.07) is 10.3. The molecule has 4 rings (SSSR count). The third kappa shape index (κ3) is 3.87. The molecule has 1 aliphatic rings. The van der Waals surface area contributed by atoms with Crippen LogP contribution < -0.4 is 4.74 Å². The normalized spacial score (nSPS) is 14.8. The van der Waals surface area contributed by atoms with E-state index in [1.165, 1.54) is 28.7 Å². The Labute approximate surface area is 191 Å². The molecule has 32 heavy (non-hydrogen) atoms. The van der Waals surface area contributed by atoms with Crippen molar-refractivity contribution >= 4 is 5.78 Å². The van der Waals surface area contributed by atoms with Gasteiger partial charge >= 0.3 is 0 Å². The molecule has 0 aliphatic heterocycles. The van der Waals surface area contributed by atoms with Crippen molar-refractivity contribution in [2.24, 2.45) is 7.05 Å². The molecule has 0 fully saturated rings. The van der Waals surface area contributed by atoms with E-state index in [1.54, 1.807) is 4.68 Å². The van der Waals surface area contributed by atoms with Gasteiger partial charge in [0.15, 0.2) is 0 Å². The minimum absolute atomic E-state index is 0.000667. The van der Waals surface area contributed by atoms with E-state index >= 15 is 0 Å². The zero-order chi connectivity index (χ0) is 23.2. The Bertz CT molecular complexity index is 1180. The number of fused-ring (bicyclic) bond motifs is 1. The molecule has 0 saturated carbocycles. The van der Waals surface area contributed by atoms with Crippen LogP contribution in [0.5, 0.6) is 5.88 Å². The number of ether oxygens (including phenoxy) is 1. The average molecular weight is 431 g/mol. The van der Waals surface area contributed by atoms with E-state index in [0.717, 1.165) is 29.5 Å². The quantitative estimate of drug-likeness (QED) is 0.461. The monoisotopic (exact) mass is 430 g/mol. The first-order valence-corrected chi connectivity index (χ1v) is 11.5. The molecule has 1 heterocycles. The van der Waals surface area contributed by atoms with Gasteiger partial charge in [0, 0.05) is 12.6 Å². The lowest BCUT2D eigenvalue weighted by molar-refractivity contribution is 0.103. The van der Waals surface area contributed by atoms with E-state index in [9.17, 15) is 4.79 Å². The highest BCUT2D eigenvalue weighted by Crippen LogP contribution is 2.42. The van der Waals surface area contributed by atoms with Crippen LogP contribution in [0, 0.1) is 27.7 Å². The second kappa shape index (κ2) is 8.23. The van der Waals surface area contributed by atoms with Crippen LogP contribution >= 0.6 is 0 Å². The maximum absolute atomic E-state index is 13.9.